The van der Waals surface area contributed by atoms with Crippen molar-refractivity contribution in [2.45, 2.75) is 59.7 Å². The summed E-state index contributed by atoms with van der Waals surface area (Å²) >= 11 is 0. The minimum Gasteiger partial charge on any atom is -0.493 e. The fourth-order valence-corrected chi connectivity index (χ4v) is 5.02. The zero-order valence-corrected chi connectivity index (χ0v) is 26.9. The van der Waals surface area contributed by atoms with Gasteiger partial charge >= 0.3 is 18.1 Å². The molecule has 2 aromatic carbocycles. The predicted molar refractivity (Wildman–Crippen MR) is 164 cm³/mol. The van der Waals surface area contributed by atoms with Crippen molar-refractivity contribution >= 4 is 35.2 Å². The number of rotatable bonds is 12. The summed E-state index contributed by atoms with van der Waals surface area (Å²) in [6.07, 6.45) is -5.34. The van der Waals surface area contributed by atoms with E-state index in [0.717, 1.165) is 5.56 Å². The van der Waals surface area contributed by atoms with Gasteiger partial charge in [-0.15, -0.1) is 0 Å². The monoisotopic (exact) mass is 648 g/mol. The first-order valence-corrected chi connectivity index (χ1v) is 14.7. The Kier molecular flexibility index (Phi) is 11.1. The van der Waals surface area contributed by atoms with Crippen LogP contribution in [0.4, 0.5) is 18.9 Å². The average Bonchev–Trinajstić information content (AvgIpc) is 3.28. The topological polar surface area (TPSA) is 138 Å². The molecule has 0 bridgehead atoms. The van der Waals surface area contributed by atoms with E-state index in [1.807, 2.05) is 39.5 Å². The van der Waals surface area contributed by atoms with Crippen molar-refractivity contribution in [3.8, 4) is 11.5 Å². The van der Waals surface area contributed by atoms with Crippen LogP contribution < -0.4 is 19.7 Å². The van der Waals surface area contributed by atoms with Gasteiger partial charge in [0.1, 0.15) is 17.3 Å². The Morgan fingerprint density at radius 3 is 2.20 bits per heavy atom. The Morgan fingerprint density at radius 2 is 1.65 bits per heavy atom. The molecule has 2 N–H and O–H groups in total. The van der Waals surface area contributed by atoms with E-state index in [1.165, 1.54) is 7.05 Å². The van der Waals surface area contributed by atoms with E-state index < -0.39 is 30.1 Å². The van der Waals surface area contributed by atoms with Crippen LogP contribution in [0.2, 0.25) is 0 Å². The molecular weight excluding hydrogens is 609 g/mol. The summed E-state index contributed by atoms with van der Waals surface area (Å²) < 4.78 is 53.0. The summed E-state index contributed by atoms with van der Waals surface area (Å²) in [7, 11) is 1.50. The zero-order chi connectivity index (χ0) is 34.6. The lowest BCUT2D eigenvalue weighted by Gasteiger charge is -2.30. The number of alkyl halides is 3. The number of nitrogens with zero attached hydrogens (tertiary/aromatic N) is 2. The molecule has 1 aliphatic rings. The molecule has 1 heterocycles. The molecule has 0 saturated heterocycles. The summed E-state index contributed by atoms with van der Waals surface area (Å²) in [5, 5.41) is 11.3. The Bertz CT molecular complexity index is 1530. The molecule has 0 fully saturated rings. The lowest BCUT2D eigenvalue weighted by Crippen LogP contribution is -2.32. The highest BCUT2D eigenvalue weighted by atomic mass is 19.4. The van der Waals surface area contributed by atoms with E-state index in [1.54, 1.807) is 36.1 Å². The van der Waals surface area contributed by atoms with Gasteiger partial charge in [-0.05, 0) is 56.0 Å². The van der Waals surface area contributed by atoms with E-state index in [9.17, 15) is 32.3 Å². The van der Waals surface area contributed by atoms with Crippen molar-refractivity contribution in [2.75, 3.05) is 44.8 Å². The molecule has 11 nitrogen and oxygen atoms in total. The largest absolute Gasteiger partial charge is 0.493 e. The molecule has 0 unspecified atom stereocenters. The SMILES string of the molecule is CCOc1cc2c(cc1C(=O)NC)C(=N)N(CC(=O)c1cc(N(CC)CC)c(OCC(=O)OC(=O)C(F)(F)F)c(C(C)(C)C)c1)C2. The van der Waals surface area contributed by atoms with Crippen molar-refractivity contribution < 1.29 is 46.6 Å². The lowest BCUT2D eigenvalue weighted by atomic mass is 9.84. The number of nitrogens with one attached hydrogen (secondary N) is 2. The zero-order valence-electron chi connectivity index (χ0n) is 26.9. The number of esters is 2. The predicted octanol–water partition coefficient (Wildman–Crippen LogP) is 4.62. The van der Waals surface area contributed by atoms with E-state index in [-0.39, 0.29) is 41.9 Å². The standard InChI is InChI=1S/C32H39F3N4O7/c1-8-38(9-2)23-12-18(11-22(31(4,5)6)27(23)45-17-26(41)46-30(43)32(33,34)35)24(40)16-39-15-19-13-25(44-10-3)21(29(42)37-7)14-20(19)28(39)36/h11-14,36H,8-10,15-17H2,1-7H3,(H,37,42). The van der Waals surface area contributed by atoms with Gasteiger partial charge in [-0.1, -0.05) is 20.8 Å². The maximum atomic E-state index is 13.8. The minimum absolute atomic E-state index is 0.0726. The second-order valence-electron chi connectivity index (χ2n) is 11.5. The quantitative estimate of drug-likeness (QED) is 0.192. The molecule has 2 aromatic rings. The normalized spacial score (nSPS) is 12.8. The van der Waals surface area contributed by atoms with Crippen molar-refractivity contribution in [3.05, 3.63) is 52.1 Å². The first-order chi connectivity index (χ1) is 21.5. The van der Waals surface area contributed by atoms with E-state index in [4.69, 9.17) is 14.9 Å². The van der Waals surface area contributed by atoms with Crippen LogP contribution in [0.15, 0.2) is 24.3 Å². The maximum Gasteiger partial charge on any atom is 0.491 e. The maximum absolute atomic E-state index is 13.8. The molecule has 1 aliphatic heterocycles. The van der Waals surface area contributed by atoms with Gasteiger partial charge in [-0.25, -0.2) is 9.59 Å². The van der Waals surface area contributed by atoms with Crippen LogP contribution in [0, 0.1) is 5.41 Å². The number of anilines is 1. The number of carbonyl (C=O) groups is 4. The molecule has 14 heteroatoms. The third-order valence-electron chi connectivity index (χ3n) is 7.32. The van der Waals surface area contributed by atoms with Crippen molar-refractivity contribution in [3.63, 3.8) is 0 Å². The van der Waals surface area contributed by atoms with Crippen LogP contribution in [0.5, 0.6) is 11.5 Å². The number of ketones is 1. The van der Waals surface area contributed by atoms with Crippen molar-refractivity contribution in [2.24, 2.45) is 0 Å². The highest BCUT2D eigenvalue weighted by Gasteiger charge is 2.42. The Balaban J connectivity index is 1.97. The fourth-order valence-electron chi connectivity index (χ4n) is 5.02. The summed E-state index contributed by atoms with van der Waals surface area (Å²) in [5.74, 6) is -4.24. The smallest absolute Gasteiger partial charge is 0.491 e. The van der Waals surface area contributed by atoms with E-state index in [0.29, 0.717) is 47.8 Å². The van der Waals surface area contributed by atoms with Gasteiger partial charge in [0.15, 0.2) is 12.4 Å². The molecule has 0 spiro atoms. The van der Waals surface area contributed by atoms with Gasteiger partial charge in [-0.2, -0.15) is 13.2 Å². The van der Waals surface area contributed by atoms with Crippen LogP contribution >= 0.6 is 0 Å². The average molecular weight is 649 g/mol. The number of fused-ring (bicyclic) bond motifs is 1. The number of carbonyl (C=O) groups excluding carboxylic acids is 4. The van der Waals surface area contributed by atoms with Gasteiger partial charge in [0.05, 0.1) is 24.4 Å². The molecule has 0 radical (unpaired) electrons. The van der Waals surface area contributed by atoms with Gasteiger partial charge in [0.2, 0.25) is 0 Å². The first kappa shape index (κ1) is 35.9. The highest BCUT2D eigenvalue weighted by molar-refractivity contribution is 6.08. The van der Waals surface area contributed by atoms with E-state index in [2.05, 4.69) is 10.1 Å². The fraction of sp³-hybridized carbons (Fsp3) is 0.469. The minimum atomic E-state index is -5.34. The number of Topliss-reactive ketones (excluding diaryl/α,β-unsaturated/α-hetero) is 1. The Labute approximate surface area is 265 Å². The summed E-state index contributed by atoms with van der Waals surface area (Å²) in [5.41, 5.74) is 2.06. The second-order valence-corrected chi connectivity index (χ2v) is 11.5. The van der Waals surface area contributed by atoms with Gasteiger partial charge in [0, 0.05) is 43.4 Å². The summed E-state index contributed by atoms with van der Waals surface area (Å²) in [4.78, 5) is 52.9. The van der Waals surface area contributed by atoms with Gasteiger partial charge in [-0.3, -0.25) is 15.0 Å². The summed E-state index contributed by atoms with van der Waals surface area (Å²) in [6, 6.07) is 6.47. The number of amides is 1. The number of ether oxygens (including phenoxy) is 3. The van der Waals surface area contributed by atoms with Crippen LogP contribution in [0.25, 0.3) is 0 Å². The molecule has 46 heavy (non-hydrogen) atoms. The highest BCUT2D eigenvalue weighted by Crippen LogP contribution is 2.41. The van der Waals surface area contributed by atoms with Crippen LogP contribution in [0.1, 0.15) is 78.9 Å². The third kappa shape index (κ3) is 7.96. The van der Waals surface area contributed by atoms with E-state index >= 15 is 0 Å². The van der Waals surface area contributed by atoms with Crippen LogP contribution in [-0.4, -0.2) is 80.4 Å². The van der Waals surface area contributed by atoms with Crippen LogP contribution in [-0.2, 0) is 26.3 Å². The Hall–Kier alpha value is -4.62. The van der Waals surface area contributed by atoms with Gasteiger partial charge < -0.3 is 29.3 Å². The first-order valence-electron chi connectivity index (χ1n) is 14.7. The molecule has 3 rings (SSSR count). The van der Waals surface area contributed by atoms with Crippen molar-refractivity contribution in [1.82, 2.24) is 10.2 Å². The molecule has 0 saturated carbocycles. The number of halogens is 3. The molecule has 0 aromatic heterocycles. The van der Waals surface area contributed by atoms with Gasteiger partial charge in [0.25, 0.3) is 5.91 Å². The molecular formula is C32H39F3N4O7. The number of amidine groups is 1. The molecule has 250 valence electrons. The van der Waals surface area contributed by atoms with Crippen molar-refractivity contribution in [1.29, 1.82) is 5.41 Å². The summed E-state index contributed by atoms with van der Waals surface area (Å²) in [6.45, 7) is 11.4. The molecule has 0 atom stereocenters. The molecule has 1 amide bonds. The number of benzene rings is 2. The lowest BCUT2D eigenvalue weighted by molar-refractivity contribution is -0.202. The molecule has 0 aliphatic carbocycles. The number of hydrogen-bond acceptors (Lipinski definition) is 9. The van der Waals surface area contributed by atoms with Crippen LogP contribution in [0.3, 0.4) is 0 Å². The third-order valence-corrected chi connectivity index (χ3v) is 7.32. The number of hydrogen-bond donors (Lipinski definition) is 2. The Morgan fingerprint density at radius 1 is 1.00 bits per heavy atom. The second kappa shape index (κ2) is 14.2.